The molecule has 3 rings (SSSR count). The highest BCUT2D eigenvalue weighted by atomic mass is 16.2. The summed E-state index contributed by atoms with van der Waals surface area (Å²) in [5.41, 5.74) is 1.83. The minimum Gasteiger partial charge on any atom is -0.348 e. The van der Waals surface area contributed by atoms with Crippen LogP contribution < -0.4 is 5.32 Å². The van der Waals surface area contributed by atoms with Crippen LogP contribution in [0.15, 0.2) is 60.7 Å². The molecule has 116 valence electrons. The molecule has 0 spiro atoms. The Labute approximate surface area is 137 Å². The van der Waals surface area contributed by atoms with Crippen LogP contribution in [0.2, 0.25) is 0 Å². The Hall–Kier alpha value is -2.60. The lowest BCUT2D eigenvalue weighted by Crippen LogP contribution is -2.52. The summed E-state index contributed by atoms with van der Waals surface area (Å²) in [6.07, 6.45) is 0. The van der Waals surface area contributed by atoms with Gasteiger partial charge in [0.2, 0.25) is 5.91 Å². The minimum atomic E-state index is -0.674. The van der Waals surface area contributed by atoms with Crippen molar-refractivity contribution in [1.29, 1.82) is 5.26 Å². The van der Waals surface area contributed by atoms with Gasteiger partial charge in [-0.2, -0.15) is 5.26 Å². The van der Waals surface area contributed by atoms with Gasteiger partial charge in [-0.1, -0.05) is 74.5 Å². The SMILES string of the molecule is CC1(C)[C@@H](c2ccccc2)NC(=O)[C@@H](C#N)[C@@H]1c1ccccc1. The van der Waals surface area contributed by atoms with Crippen LogP contribution in [-0.2, 0) is 4.79 Å². The molecule has 23 heavy (non-hydrogen) atoms. The second kappa shape index (κ2) is 5.89. The highest BCUT2D eigenvalue weighted by Crippen LogP contribution is 2.51. The largest absolute Gasteiger partial charge is 0.348 e. The third-order valence-corrected chi connectivity index (χ3v) is 4.88. The number of nitriles is 1. The molecule has 1 N–H and O–H groups in total. The minimum absolute atomic E-state index is 0.119. The first-order valence-corrected chi connectivity index (χ1v) is 7.85. The Morgan fingerprint density at radius 2 is 1.48 bits per heavy atom. The van der Waals surface area contributed by atoms with Gasteiger partial charge in [0.25, 0.3) is 0 Å². The van der Waals surface area contributed by atoms with E-state index in [1.165, 1.54) is 0 Å². The molecule has 1 fully saturated rings. The maximum absolute atomic E-state index is 12.5. The van der Waals surface area contributed by atoms with Gasteiger partial charge in [-0.25, -0.2) is 0 Å². The quantitative estimate of drug-likeness (QED) is 0.917. The summed E-state index contributed by atoms with van der Waals surface area (Å²) in [7, 11) is 0. The molecule has 2 aromatic carbocycles. The lowest BCUT2D eigenvalue weighted by molar-refractivity contribution is -0.130. The Morgan fingerprint density at radius 1 is 0.957 bits per heavy atom. The number of carbonyl (C=O) groups is 1. The van der Waals surface area contributed by atoms with Gasteiger partial charge >= 0.3 is 0 Å². The highest BCUT2D eigenvalue weighted by Gasteiger charge is 2.50. The molecule has 1 aliphatic heterocycles. The van der Waals surface area contributed by atoms with E-state index in [2.05, 4.69) is 25.2 Å². The molecular weight excluding hydrogens is 284 g/mol. The predicted molar refractivity (Wildman–Crippen MR) is 89.4 cm³/mol. The lowest BCUT2D eigenvalue weighted by Gasteiger charge is -2.47. The van der Waals surface area contributed by atoms with Gasteiger partial charge in [-0.05, 0) is 16.5 Å². The number of amides is 1. The molecule has 1 aliphatic rings. The molecule has 0 unspecified atom stereocenters. The number of piperidine rings is 1. The zero-order valence-electron chi connectivity index (χ0n) is 13.4. The van der Waals surface area contributed by atoms with Crippen LogP contribution in [0.4, 0.5) is 0 Å². The van der Waals surface area contributed by atoms with Crippen molar-refractivity contribution in [3.63, 3.8) is 0 Å². The van der Waals surface area contributed by atoms with Gasteiger partial charge in [-0.3, -0.25) is 4.79 Å². The number of carbonyl (C=O) groups excluding carboxylic acids is 1. The van der Waals surface area contributed by atoms with E-state index in [0.717, 1.165) is 11.1 Å². The maximum atomic E-state index is 12.5. The number of nitrogens with one attached hydrogen (secondary N) is 1. The van der Waals surface area contributed by atoms with Crippen LogP contribution in [0.3, 0.4) is 0 Å². The summed E-state index contributed by atoms with van der Waals surface area (Å²) >= 11 is 0. The topological polar surface area (TPSA) is 52.9 Å². The zero-order valence-corrected chi connectivity index (χ0v) is 13.4. The Bertz CT molecular complexity index is 731. The lowest BCUT2D eigenvalue weighted by atomic mass is 9.61. The van der Waals surface area contributed by atoms with E-state index in [0.29, 0.717) is 0 Å². The van der Waals surface area contributed by atoms with Gasteiger partial charge < -0.3 is 5.32 Å². The first-order valence-electron chi connectivity index (χ1n) is 7.85. The Kier molecular flexibility index (Phi) is 3.92. The van der Waals surface area contributed by atoms with Crippen molar-refractivity contribution in [2.45, 2.75) is 25.8 Å². The molecular formula is C20H20N2O. The monoisotopic (exact) mass is 304 g/mol. The molecule has 3 heteroatoms. The van der Waals surface area contributed by atoms with Crippen molar-refractivity contribution < 1.29 is 4.79 Å². The molecule has 0 aromatic heterocycles. The van der Waals surface area contributed by atoms with Gasteiger partial charge in [-0.15, -0.1) is 0 Å². The highest BCUT2D eigenvalue weighted by molar-refractivity contribution is 5.84. The predicted octanol–water partition coefficient (Wildman–Crippen LogP) is 3.81. The van der Waals surface area contributed by atoms with E-state index >= 15 is 0 Å². The number of benzene rings is 2. The standard InChI is InChI=1S/C20H20N2O/c1-20(2)17(14-9-5-3-6-10-14)16(13-21)19(23)22-18(20)15-11-7-4-8-12-15/h3-12,16-18H,1-2H3,(H,22,23)/t16-,17-,18+/m0/s1. The summed E-state index contributed by atoms with van der Waals surface area (Å²) in [5.74, 6) is -1.01. The van der Waals surface area contributed by atoms with Crippen molar-refractivity contribution in [1.82, 2.24) is 5.32 Å². The second-order valence-corrected chi connectivity index (χ2v) is 6.67. The van der Waals surface area contributed by atoms with E-state index in [4.69, 9.17) is 0 Å². The summed E-state index contributed by atoms with van der Waals surface area (Å²) in [6, 6.07) is 22.0. The van der Waals surface area contributed by atoms with E-state index in [9.17, 15) is 10.1 Å². The smallest absolute Gasteiger partial charge is 0.238 e. The van der Waals surface area contributed by atoms with Crippen LogP contribution >= 0.6 is 0 Å². The Morgan fingerprint density at radius 3 is 2.00 bits per heavy atom. The van der Waals surface area contributed by atoms with Gasteiger partial charge in [0.15, 0.2) is 0 Å². The first-order chi connectivity index (χ1) is 11.1. The number of nitrogens with zero attached hydrogens (tertiary/aromatic N) is 1. The summed E-state index contributed by atoms with van der Waals surface area (Å²) in [4.78, 5) is 12.5. The fourth-order valence-electron chi connectivity index (χ4n) is 3.75. The maximum Gasteiger partial charge on any atom is 0.238 e. The average molecular weight is 304 g/mol. The van der Waals surface area contributed by atoms with Gasteiger partial charge in [0.05, 0.1) is 12.1 Å². The third kappa shape index (κ3) is 2.61. The Balaban J connectivity index is 2.11. The van der Waals surface area contributed by atoms with Gasteiger partial charge in [0, 0.05) is 5.92 Å². The molecule has 1 amide bonds. The van der Waals surface area contributed by atoms with E-state index in [-0.39, 0.29) is 23.3 Å². The van der Waals surface area contributed by atoms with Crippen LogP contribution in [0.25, 0.3) is 0 Å². The molecule has 3 nitrogen and oxygen atoms in total. The second-order valence-electron chi connectivity index (χ2n) is 6.67. The van der Waals surface area contributed by atoms with Crippen LogP contribution in [0.1, 0.15) is 36.9 Å². The fourth-order valence-corrected chi connectivity index (χ4v) is 3.75. The van der Waals surface area contributed by atoms with E-state index in [1.54, 1.807) is 0 Å². The molecule has 3 atom stereocenters. The number of hydrogen-bond donors (Lipinski definition) is 1. The van der Waals surface area contributed by atoms with Crippen LogP contribution in [0, 0.1) is 22.7 Å². The first kappa shape index (κ1) is 15.3. The van der Waals surface area contributed by atoms with Crippen LogP contribution in [-0.4, -0.2) is 5.91 Å². The fraction of sp³-hybridized carbons (Fsp3) is 0.300. The summed E-state index contributed by atoms with van der Waals surface area (Å²) in [5, 5.41) is 12.6. The van der Waals surface area contributed by atoms with E-state index in [1.807, 2.05) is 60.7 Å². The molecule has 1 saturated heterocycles. The zero-order chi connectivity index (χ0) is 16.4. The van der Waals surface area contributed by atoms with Crippen LogP contribution in [0.5, 0.6) is 0 Å². The van der Waals surface area contributed by atoms with Crippen molar-refractivity contribution >= 4 is 5.91 Å². The summed E-state index contributed by atoms with van der Waals surface area (Å²) in [6.45, 7) is 4.26. The van der Waals surface area contributed by atoms with E-state index < -0.39 is 5.92 Å². The number of hydrogen-bond acceptors (Lipinski definition) is 2. The molecule has 1 heterocycles. The normalized spacial score (nSPS) is 26.1. The van der Waals surface area contributed by atoms with Crippen molar-refractivity contribution in [3.05, 3.63) is 71.8 Å². The van der Waals surface area contributed by atoms with Crippen molar-refractivity contribution in [3.8, 4) is 6.07 Å². The average Bonchev–Trinajstić information content (AvgIpc) is 2.57. The third-order valence-electron chi connectivity index (χ3n) is 4.88. The molecule has 0 aliphatic carbocycles. The van der Waals surface area contributed by atoms with Crippen molar-refractivity contribution in [2.24, 2.45) is 11.3 Å². The van der Waals surface area contributed by atoms with Gasteiger partial charge in [0.1, 0.15) is 5.92 Å². The molecule has 2 aromatic rings. The molecule has 0 radical (unpaired) electrons. The molecule has 0 saturated carbocycles. The van der Waals surface area contributed by atoms with Crippen molar-refractivity contribution in [2.75, 3.05) is 0 Å². The summed E-state index contributed by atoms with van der Waals surface area (Å²) < 4.78 is 0. The molecule has 0 bridgehead atoms. The number of rotatable bonds is 2.